The Labute approximate surface area is 133 Å². The summed E-state index contributed by atoms with van der Waals surface area (Å²) >= 11 is 0. The maximum absolute atomic E-state index is 13.8. The number of hydrogen-bond acceptors (Lipinski definition) is 7. The van der Waals surface area contributed by atoms with E-state index in [1.165, 1.54) is 0 Å². The van der Waals surface area contributed by atoms with Crippen LogP contribution in [0.25, 0.3) is 11.2 Å². The number of alkyl halides is 1. The van der Waals surface area contributed by atoms with Gasteiger partial charge in [0.1, 0.15) is 18.5 Å². The van der Waals surface area contributed by atoms with Gasteiger partial charge in [-0.2, -0.15) is 9.97 Å². The molecule has 1 aliphatic rings. The number of halogens is 1. The van der Waals surface area contributed by atoms with Crippen molar-refractivity contribution < 1.29 is 14.2 Å². The molecule has 0 saturated carbocycles. The summed E-state index contributed by atoms with van der Waals surface area (Å²) < 4.78 is 21.0. The molecule has 0 amide bonds. The number of fused-ring (bicyclic) bond motifs is 1. The monoisotopic (exact) mass is 324 g/mol. The van der Waals surface area contributed by atoms with Gasteiger partial charge in [0.25, 0.3) is 0 Å². The number of rotatable bonds is 5. The van der Waals surface area contributed by atoms with E-state index >= 15 is 0 Å². The Balaban J connectivity index is 2.01. The lowest BCUT2D eigenvalue weighted by molar-refractivity contribution is -0.0323. The molecule has 126 valence electrons. The highest BCUT2D eigenvalue weighted by atomic mass is 19.1. The van der Waals surface area contributed by atoms with Gasteiger partial charge >= 0.3 is 0 Å². The Morgan fingerprint density at radius 2 is 2.30 bits per heavy atom. The zero-order valence-electron chi connectivity index (χ0n) is 13.2. The summed E-state index contributed by atoms with van der Waals surface area (Å²) in [6.07, 6.45) is 0.0456. The number of ether oxygens (including phenoxy) is 1. The molecule has 0 spiro atoms. The molecule has 0 radical (unpaired) electrons. The molecule has 2 aromatic heterocycles. The minimum absolute atomic E-state index is 0.130. The van der Waals surface area contributed by atoms with Crippen LogP contribution < -0.4 is 10.6 Å². The van der Waals surface area contributed by atoms with E-state index in [0.29, 0.717) is 17.0 Å². The van der Waals surface area contributed by atoms with Gasteiger partial charge in [0.05, 0.1) is 12.9 Å². The number of nitrogen functional groups attached to an aromatic ring is 1. The predicted molar refractivity (Wildman–Crippen MR) is 83.8 cm³/mol. The van der Waals surface area contributed by atoms with Crippen molar-refractivity contribution in [1.29, 1.82) is 0 Å². The third-order valence-electron chi connectivity index (χ3n) is 3.99. The van der Waals surface area contributed by atoms with E-state index in [9.17, 15) is 4.39 Å². The molecule has 2 aromatic rings. The molecule has 8 nitrogen and oxygen atoms in total. The van der Waals surface area contributed by atoms with Crippen LogP contribution in [0.2, 0.25) is 0 Å². The van der Waals surface area contributed by atoms with Crippen LogP contribution in [0.15, 0.2) is 6.33 Å². The molecule has 9 heteroatoms. The zero-order chi connectivity index (χ0) is 16.6. The molecule has 3 rings (SSSR count). The summed E-state index contributed by atoms with van der Waals surface area (Å²) in [5.74, 6) is 0.771. The number of aliphatic hydroxyl groups is 1. The molecule has 0 aromatic carbocycles. The molecule has 3 atom stereocenters. The van der Waals surface area contributed by atoms with E-state index in [1.807, 2.05) is 11.9 Å². The van der Waals surface area contributed by atoms with Gasteiger partial charge in [-0.25, -0.2) is 9.37 Å². The average molecular weight is 324 g/mol. The summed E-state index contributed by atoms with van der Waals surface area (Å²) in [5, 5.41) is 9.14. The van der Waals surface area contributed by atoms with Crippen LogP contribution in [0.5, 0.6) is 0 Å². The fourth-order valence-corrected chi connectivity index (χ4v) is 2.86. The lowest BCUT2D eigenvalue weighted by atomic mass is 10.2. The van der Waals surface area contributed by atoms with Crippen molar-refractivity contribution in [3.63, 3.8) is 0 Å². The fraction of sp³-hybridized carbons (Fsp3) is 0.643. The van der Waals surface area contributed by atoms with Crippen molar-refractivity contribution in [3.05, 3.63) is 6.33 Å². The smallest absolute Gasteiger partial charge is 0.224 e. The molecule has 0 aliphatic carbocycles. The van der Waals surface area contributed by atoms with E-state index in [2.05, 4.69) is 21.9 Å². The van der Waals surface area contributed by atoms with Crippen LogP contribution in [-0.4, -0.2) is 57.1 Å². The van der Waals surface area contributed by atoms with Crippen molar-refractivity contribution in [2.75, 3.05) is 30.8 Å². The molecular weight excluding hydrogens is 303 g/mol. The van der Waals surface area contributed by atoms with E-state index < -0.39 is 18.5 Å². The van der Waals surface area contributed by atoms with Crippen molar-refractivity contribution in [2.24, 2.45) is 0 Å². The summed E-state index contributed by atoms with van der Waals surface area (Å²) in [6, 6.07) is 0. The van der Waals surface area contributed by atoms with Gasteiger partial charge in [0.15, 0.2) is 17.0 Å². The van der Waals surface area contributed by atoms with Crippen LogP contribution >= 0.6 is 0 Å². The first-order valence-corrected chi connectivity index (χ1v) is 7.66. The first-order valence-electron chi connectivity index (χ1n) is 7.66. The van der Waals surface area contributed by atoms with Crippen molar-refractivity contribution in [3.8, 4) is 0 Å². The molecule has 3 N–H and O–H groups in total. The largest absolute Gasteiger partial charge is 0.394 e. The van der Waals surface area contributed by atoms with Crippen LogP contribution in [0, 0.1) is 0 Å². The third-order valence-corrected chi connectivity index (χ3v) is 3.99. The average Bonchev–Trinajstić information content (AvgIpc) is 3.09. The first-order chi connectivity index (χ1) is 11.0. The molecule has 0 bridgehead atoms. The standard InChI is InChI=1S/C14H21FN6O2/c1-3-4-20(2)12-11-13(19-14(16)18-12)21(7-17-11)10-5-8(15)9(6-22)23-10/h7-10,22H,3-6H2,1-2H3,(H2,16,18,19)/t8-,9+,10?/m0/s1. The second-order valence-electron chi connectivity index (χ2n) is 5.71. The highest BCUT2D eigenvalue weighted by Gasteiger charge is 2.37. The van der Waals surface area contributed by atoms with Crippen LogP contribution in [0.4, 0.5) is 16.2 Å². The van der Waals surface area contributed by atoms with Crippen LogP contribution in [-0.2, 0) is 4.74 Å². The maximum atomic E-state index is 13.8. The number of aliphatic hydroxyl groups excluding tert-OH is 1. The Kier molecular flexibility index (Phi) is 4.31. The second kappa shape index (κ2) is 6.25. The summed E-state index contributed by atoms with van der Waals surface area (Å²) in [6.45, 7) is 2.52. The second-order valence-corrected chi connectivity index (χ2v) is 5.71. The van der Waals surface area contributed by atoms with Crippen molar-refractivity contribution >= 4 is 22.9 Å². The Hall–Kier alpha value is -2.00. The minimum Gasteiger partial charge on any atom is -0.394 e. The van der Waals surface area contributed by atoms with Gasteiger partial charge in [-0.15, -0.1) is 0 Å². The third kappa shape index (κ3) is 2.81. The first kappa shape index (κ1) is 15.9. The molecule has 1 saturated heterocycles. The summed E-state index contributed by atoms with van der Waals surface area (Å²) in [7, 11) is 1.91. The summed E-state index contributed by atoms with van der Waals surface area (Å²) in [5.41, 5.74) is 6.93. The number of nitrogens with zero attached hydrogens (tertiary/aromatic N) is 5. The minimum atomic E-state index is -1.22. The normalized spacial score (nSPS) is 24.4. The van der Waals surface area contributed by atoms with Gasteiger partial charge in [-0.05, 0) is 6.42 Å². The van der Waals surface area contributed by atoms with E-state index in [-0.39, 0.29) is 19.0 Å². The highest BCUT2D eigenvalue weighted by molar-refractivity contribution is 5.84. The number of hydrogen-bond donors (Lipinski definition) is 2. The van der Waals surface area contributed by atoms with Crippen LogP contribution in [0.3, 0.4) is 0 Å². The molecule has 1 unspecified atom stereocenters. The molecular formula is C14H21FN6O2. The van der Waals surface area contributed by atoms with Gasteiger partial charge in [0.2, 0.25) is 5.95 Å². The van der Waals surface area contributed by atoms with Gasteiger partial charge in [0, 0.05) is 20.0 Å². The van der Waals surface area contributed by atoms with Gasteiger partial charge < -0.3 is 20.5 Å². The topological polar surface area (TPSA) is 102 Å². The molecule has 23 heavy (non-hydrogen) atoms. The number of nitrogens with two attached hydrogens (primary N) is 1. The van der Waals surface area contributed by atoms with Gasteiger partial charge in [-0.1, -0.05) is 6.92 Å². The van der Waals surface area contributed by atoms with E-state index in [0.717, 1.165) is 13.0 Å². The predicted octanol–water partition coefficient (Wildman–Crippen LogP) is 0.873. The van der Waals surface area contributed by atoms with Crippen molar-refractivity contribution in [2.45, 2.75) is 38.3 Å². The van der Waals surface area contributed by atoms with E-state index in [4.69, 9.17) is 15.6 Å². The van der Waals surface area contributed by atoms with E-state index in [1.54, 1.807) is 10.9 Å². The maximum Gasteiger partial charge on any atom is 0.224 e. The highest BCUT2D eigenvalue weighted by Crippen LogP contribution is 2.33. The molecule has 3 heterocycles. The Bertz CT molecular complexity index is 693. The Morgan fingerprint density at radius 3 is 2.96 bits per heavy atom. The van der Waals surface area contributed by atoms with Crippen LogP contribution in [0.1, 0.15) is 26.0 Å². The lowest BCUT2D eigenvalue weighted by Gasteiger charge is -2.18. The summed E-state index contributed by atoms with van der Waals surface area (Å²) in [4.78, 5) is 14.8. The number of imidazole rings is 1. The molecule has 1 fully saturated rings. The Morgan fingerprint density at radius 1 is 1.52 bits per heavy atom. The zero-order valence-corrected chi connectivity index (χ0v) is 13.2. The SMILES string of the molecule is CCCN(C)c1nc(N)nc2c1ncn2C1C[C@H](F)[C@@H](CO)O1. The number of anilines is 2. The van der Waals surface area contributed by atoms with Gasteiger partial charge in [-0.3, -0.25) is 4.57 Å². The van der Waals surface area contributed by atoms with Crippen molar-refractivity contribution in [1.82, 2.24) is 19.5 Å². The molecule has 1 aliphatic heterocycles. The number of aromatic nitrogens is 4. The quantitative estimate of drug-likeness (QED) is 0.841. The lowest BCUT2D eigenvalue weighted by Crippen LogP contribution is -2.21. The fourth-order valence-electron chi connectivity index (χ4n) is 2.86.